The fraction of sp³-hybridized carbons (Fsp3) is 0.727. The smallest absolute Gasteiger partial charge is 0.481 e. The normalized spacial score (nSPS) is 11.9. The van der Waals surface area contributed by atoms with Crippen molar-refractivity contribution < 1.29 is 42.5 Å². The molecule has 21 heavy (non-hydrogen) atoms. The number of nitrogens with one attached hydrogen (secondary N) is 1. The van der Waals surface area contributed by atoms with Gasteiger partial charge >= 0.3 is 24.1 Å². The number of rotatable bonds is 7. The van der Waals surface area contributed by atoms with Gasteiger partial charge in [0, 0.05) is 0 Å². The van der Waals surface area contributed by atoms with Crippen molar-refractivity contribution in [1.82, 2.24) is 5.32 Å². The summed E-state index contributed by atoms with van der Waals surface area (Å²) in [6.45, 7) is 2.65. The molecule has 0 radical (unpaired) electrons. The highest BCUT2D eigenvalue weighted by atomic mass is 19.4. The van der Waals surface area contributed by atoms with Gasteiger partial charge < -0.3 is 20.3 Å². The Labute approximate surface area is 119 Å². The van der Waals surface area contributed by atoms with Gasteiger partial charge in [0.2, 0.25) is 0 Å². The summed E-state index contributed by atoms with van der Waals surface area (Å²) in [4.78, 5) is 30.4. The van der Waals surface area contributed by atoms with Crippen LogP contribution < -0.4 is 5.32 Å². The monoisotopic (exact) mass is 317 g/mol. The first-order chi connectivity index (χ1) is 9.56. The van der Waals surface area contributed by atoms with Gasteiger partial charge in [-0.2, -0.15) is 13.2 Å². The molecule has 0 amide bonds. The molecule has 0 aliphatic carbocycles. The maximum Gasteiger partial charge on any atom is 0.490 e. The Kier molecular flexibility index (Phi) is 11.1. The average molecular weight is 317 g/mol. The van der Waals surface area contributed by atoms with Gasteiger partial charge in [-0.05, 0) is 13.0 Å². The minimum Gasteiger partial charge on any atom is -0.481 e. The molecule has 0 saturated carbocycles. The number of carbonyl (C=O) groups is 3. The van der Waals surface area contributed by atoms with Crippen molar-refractivity contribution >= 4 is 17.9 Å². The van der Waals surface area contributed by atoms with Crippen LogP contribution >= 0.6 is 0 Å². The largest absolute Gasteiger partial charge is 0.490 e. The number of carboxylic acid groups (broad SMARTS) is 2. The second-order valence-electron chi connectivity index (χ2n) is 3.78. The van der Waals surface area contributed by atoms with Crippen molar-refractivity contribution in [3.63, 3.8) is 0 Å². The van der Waals surface area contributed by atoms with E-state index in [1.807, 2.05) is 6.92 Å². The number of halogens is 3. The molecule has 0 fully saturated rings. The Morgan fingerprint density at radius 3 is 2.00 bits per heavy atom. The van der Waals surface area contributed by atoms with E-state index in [-0.39, 0.29) is 6.42 Å². The number of aliphatic carboxylic acids is 2. The third kappa shape index (κ3) is 12.9. The zero-order valence-corrected chi connectivity index (χ0v) is 11.6. The van der Waals surface area contributed by atoms with Gasteiger partial charge in [-0.15, -0.1) is 0 Å². The molecular weight excluding hydrogens is 299 g/mol. The highest BCUT2D eigenvalue weighted by Crippen LogP contribution is 2.13. The van der Waals surface area contributed by atoms with Crippen LogP contribution in [-0.4, -0.2) is 54.0 Å². The lowest BCUT2D eigenvalue weighted by molar-refractivity contribution is -0.192. The Hall–Kier alpha value is -1.84. The van der Waals surface area contributed by atoms with E-state index in [9.17, 15) is 22.8 Å². The number of alkyl halides is 3. The molecule has 0 bridgehead atoms. The maximum absolute atomic E-state index is 11.1. The van der Waals surface area contributed by atoms with Gasteiger partial charge in [-0.3, -0.25) is 9.59 Å². The summed E-state index contributed by atoms with van der Waals surface area (Å²) in [5, 5.41) is 18.5. The lowest BCUT2D eigenvalue weighted by Crippen LogP contribution is -2.39. The molecule has 0 aromatic rings. The number of ether oxygens (including phenoxy) is 1. The Morgan fingerprint density at radius 1 is 1.24 bits per heavy atom. The van der Waals surface area contributed by atoms with Crippen LogP contribution in [0, 0.1) is 0 Å². The average Bonchev–Trinajstić information content (AvgIpc) is 2.36. The predicted molar refractivity (Wildman–Crippen MR) is 64.7 cm³/mol. The second kappa shape index (κ2) is 10.9. The quantitative estimate of drug-likeness (QED) is 0.474. The zero-order chi connectivity index (χ0) is 17.1. The van der Waals surface area contributed by atoms with E-state index in [0.29, 0.717) is 6.54 Å². The fourth-order valence-electron chi connectivity index (χ4n) is 1.01. The molecule has 0 aromatic heterocycles. The van der Waals surface area contributed by atoms with E-state index >= 15 is 0 Å². The van der Waals surface area contributed by atoms with Gasteiger partial charge in [-0.1, -0.05) is 13.3 Å². The molecule has 0 aliphatic heterocycles. The number of esters is 1. The van der Waals surface area contributed by atoms with E-state index in [4.69, 9.17) is 15.0 Å². The van der Waals surface area contributed by atoms with Gasteiger partial charge in [0.05, 0.1) is 13.5 Å². The molecular formula is C11H18F3NO6. The SMILES string of the molecule is CCCCNC(CC(=O)O)C(=O)OC.O=C(O)C(F)(F)F. The first kappa shape index (κ1) is 21.5. The minimum atomic E-state index is -5.08. The molecule has 0 aliphatic rings. The van der Waals surface area contributed by atoms with Gasteiger partial charge in [0.25, 0.3) is 0 Å². The van der Waals surface area contributed by atoms with Crippen LogP contribution in [0.25, 0.3) is 0 Å². The molecule has 0 saturated heterocycles. The Bertz CT molecular complexity index is 345. The van der Waals surface area contributed by atoms with Crippen molar-refractivity contribution in [2.75, 3.05) is 13.7 Å². The summed E-state index contributed by atoms with van der Waals surface area (Å²) in [7, 11) is 1.25. The summed E-state index contributed by atoms with van der Waals surface area (Å²) in [5.41, 5.74) is 0. The van der Waals surface area contributed by atoms with Crippen LogP contribution in [0.5, 0.6) is 0 Å². The van der Waals surface area contributed by atoms with Crippen molar-refractivity contribution in [2.45, 2.75) is 38.4 Å². The fourth-order valence-corrected chi connectivity index (χ4v) is 1.01. The van der Waals surface area contributed by atoms with E-state index < -0.39 is 30.1 Å². The second-order valence-corrected chi connectivity index (χ2v) is 3.78. The van der Waals surface area contributed by atoms with Crippen LogP contribution in [0.15, 0.2) is 0 Å². The number of unbranched alkanes of at least 4 members (excludes halogenated alkanes) is 1. The molecule has 7 nitrogen and oxygen atoms in total. The standard InChI is InChI=1S/C9H17NO4.C2HF3O2/c1-3-4-5-10-7(6-8(11)12)9(13)14-2;3-2(4,5)1(6)7/h7,10H,3-6H2,1-2H3,(H,11,12);(H,6,7). The molecule has 1 atom stereocenters. The van der Waals surface area contributed by atoms with Gasteiger partial charge in [0.15, 0.2) is 0 Å². The molecule has 0 spiro atoms. The summed E-state index contributed by atoms with van der Waals surface area (Å²) < 4.78 is 36.2. The van der Waals surface area contributed by atoms with Crippen LogP contribution in [0.4, 0.5) is 13.2 Å². The van der Waals surface area contributed by atoms with Crippen LogP contribution in [-0.2, 0) is 19.1 Å². The van der Waals surface area contributed by atoms with Crippen molar-refractivity contribution in [2.24, 2.45) is 0 Å². The third-order valence-electron chi connectivity index (χ3n) is 2.03. The topological polar surface area (TPSA) is 113 Å². The van der Waals surface area contributed by atoms with E-state index in [2.05, 4.69) is 10.1 Å². The van der Waals surface area contributed by atoms with Gasteiger partial charge in [-0.25, -0.2) is 4.79 Å². The van der Waals surface area contributed by atoms with Crippen molar-refractivity contribution in [3.8, 4) is 0 Å². The van der Waals surface area contributed by atoms with Crippen molar-refractivity contribution in [1.29, 1.82) is 0 Å². The van der Waals surface area contributed by atoms with Crippen LogP contribution in [0.1, 0.15) is 26.2 Å². The molecule has 10 heteroatoms. The summed E-state index contributed by atoms with van der Waals surface area (Å²) in [6, 6.07) is -0.732. The Balaban J connectivity index is 0. The molecule has 3 N–H and O–H groups in total. The summed E-state index contributed by atoms with van der Waals surface area (Å²) in [6.07, 6.45) is -3.42. The number of carboxylic acids is 2. The highest BCUT2D eigenvalue weighted by Gasteiger charge is 2.38. The highest BCUT2D eigenvalue weighted by molar-refractivity contribution is 5.81. The van der Waals surface area contributed by atoms with E-state index in [1.165, 1.54) is 7.11 Å². The maximum atomic E-state index is 11.1. The van der Waals surface area contributed by atoms with Crippen LogP contribution in [0.2, 0.25) is 0 Å². The van der Waals surface area contributed by atoms with E-state index in [1.54, 1.807) is 0 Å². The van der Waals surface area contributed by atoms with Crippen molar-refractivity contribution in [3.05, 3.63) is 0 Å². The molecule has 0 heterocycles. The number of carbonyl (C=O) groups excluding carboxylic acids is 1. The minimum absolute atomic E-state index is 0.240. The first-order valence-corrected chi connectivity index (χ1v) is 5.89. The molecule has 0 rings (SSSR count). The summed E-state index contributed by atoms with van der Waals surface area (Å²) in [5.74, 6) is -4.29. The Morgan fingerprint density at radius 2 is 1.71 bits per heavy atom. The number of hydrogen-bond donors (Lipinski definition) is 3. The number of methoxy groups -OCH3 is 1. The first-order valence-electron chi connectivity index (χ1n) is 5.89. The zero-order valence-electron chi connectivity index (χ0n) is 11.6. The third-order valence-corrected chi connectivity index (χ3v) is 2.03. The molecule has 0 aromatic carbocycles. The van der Waals surface area contributed by atoms with Gasteiger partial charge in [0.1, 0.15) is 6.04 Å². The predicted octanol–water partition coefficient (Wildman–Crippen LogP) is 1.03. The van der Waals surface area contributed by atoms with Crippen LogP contribution in [0.3, 0.4) is 0 Å². The van der Waals surface area contributed by atoms with E-state index in [0.717, 1.165) is 12.8 Å². The molecule has 1 unspecified atom stereocenters. The lowest BCUT2D eigenvalue weighted by Gasteiger charge is -2.13. The molecule has 124 valence electrons. The lowest BCUT2D eigenvalue weighted by atomic mass is 10.2. The number of hydrogen-bond acceptors (Lipinski definition) is 5. The summed E-state index contributed by atoms with van der Waals surface area (Å²) >= 11 is 0.